The van der Waals surface area contributed by atoms with Crippen molar-refractivity contribution >= 4 is 56.9 Å². The van der Waals surface area contributed by atoms with Crippen molar-refractivity contribution in [3.05, 3.63) is 26.8 Å². The van der Waals surface area contributed by atoms with Crippen molar-refractivity contribution in [3.63, 3.8) is 0 Å². The van der Waals surface area contributed by atoms with Crippen LogP contribution in [0.5, 0.6) is 0 Å². The van der Waals surface area contributed by atoms with Crippen LogP contribution in [0.3, 0.4) is 0 Å². The van der Waals surface area contributed by atoms with Gasteiger partial charge in [0.2, 0.25) is 21.8 Å². The monoisotopic (exact) mass is 614 g/mol. The van der Waals surface area contributed by atoms with Gasteiger partial charge in [-0.3, -0.25) is 14.5 Å². The Balaban J connectivity index is 1.29. The van der Waals surface area contributed by atoms with Gasteiger partial charge in [0, 0.05) is 68.7 Å². The number of likely N-dealkylation sites (tertiary alicyclic amines) is 3. The largest absolute Gasteiger partial charge is 0.338 e. The van der Waals surface area contributed by atoms with Crippen molar-refractivity contribution in [2.45, 2.75) is 57.2 Å². The smallest absolute Gasteiger partial charge is 0.317 e. The molecule has 4 amide bonds. The third kappa shape index (κ3) is 7.96. The fraction of sp³-hybridized carbons (Fsp3) is 0.654. The summed E-state index contributed by atoms with van der Waals surface area (Å²) in [7, 11) is -2.03. The van der Waals surface area contributed by atoms with Gasteiger partial charge in [-0.1, -0.05) is 11.6 Å². The SMILES string of the molecule is CCNC(=O)N(C)C1CCN(C[C@@H]2CCCN2C(=O)CN2CCC[C@H](NS(=O)(=O)C=Cc3ccc(Cl)s3)C2=O)C1. The molecule has 0 saturated carbocycles. The third-order valence-electron chi connectivity index (χ3n) is 7.78. The average molecular weight is 615 g/mol. The highest BCUT2D eigenvalue weighted by atomic mass is 35.5. The number of carbonyl (C=O) groups is 3. The number of nitrogens with one attached hydrogen (secondary N) is 2. The van der Waals surface area contributed by atoms with Gasteiger partial charge in [-0.05, 0) is 57.2 Å². The van der Waals surface area contributed by atoms with Crippen LogP contribution in [0.4, 0.5) is 4.79 Å². The fourth-order valence-corrected chi connectivity index (χ4v) is 7.73. The molecule has 0 bridgehead atoms. The van der Waals surface area contributed by atoms with Gasteiger partial charge in [0.05, 0.1) is 10.9 Å². The molecule has 0 aromatic carbocycles. The molecule has 40 heavy (non-hydrogen) atoms. The molecule has 3 aliphatic rings. The lowest BCUT2D eigenvalue weighted by atomic mass is 10.1. The molecular weight excluding hydrogens is 576 g/mol. The van der Waals surface area contributed by atoms with Gasteiger partial charge in [-0.25, -0.2) is 13.2 Å². The number of carbonyl (C=O) groups excluding carboxylic acids is 3. The standard InChI is InChI=1S/C26H39ClN6O5S2/c1-3-28-26(36)30(2)19-10-14-31(16-19)17-20-6-4-13-33(20)24(34)18-32-12-5-7-22(25(32)35)29-40(37,38)15-11-21-8-9-23(27)39-21/h8-9,11,15,19-20,22,29H,3-7,10,12-14,16-18H2,1-2H3,(H,28,36)/t19?,20-,22-/m0/s1. The summed E-state index contributed by atoms with van der Waals surface area (Å²) < 4.78 is 28.2. The summed E-state index contributed by atoms with van der Waals surface area (Å²) in [6.07, 6.45) is 5.14. The highest BCUT2D eigenvalue weighted by Gasteiger charge is 2.37. The van der Waals surface area contributed by atoms with Gasteiger partial charge in [0.15, 0.2) is 0 Å². The lowest BCUT2D eigenvalue weighted by Crippen LogP contribution is -2.55. The fourth-order valence-electron chi connectivity index (χ4n) is 5.66. The summed E-state index contributed by atoms with van der Waals surface area (Å²) in [4.78, 5) is 46.8. The van der Waals surface area contributed by atoms with E-state index in [0.717, 1.165) is 44.3 Å². The Bertz CT molecular complexity index is 1210. The molecule has 1 aromatic rings. The number of nitrogens with zero attached hydrogens (tertiary/aromatic N) is 4. The molecule has 1 aromatic heterocycles. The third-order valence-corrected chi connectivity index (χ3v) is 10.1. The zero-order valence-corrected chi connectivity index (χ0v) is 25.4. The molecule has 0 aliphatic carbocycles. The number of piperidine rings is 1. The number of rotatable bonds is 10. The van der Waals surface area contributed by atoms with Crippen LogP contribution in [-0.4, -0.2) is 117 Å². The van der Waals surface area contributed by atoms with Gasteiger partial charge in [-0.2, -0.15) is 4.72 Å². The van der Waals surface area contributed by atoms with E-state index in [0.29, 0.717) is 41.7 Å². The second-order valence-corrected chi connectivity index (χ2v) is 13.9. The van der Waals surface area contributed by atoms with E-state index in [4.69, 9.17) is 11.6 Å². The van der Waals surface area contributed by atoms with Crippen molar-refractivity contribution in [3.8, 4) is 0 Å². The van der Waals surface area contributed by atoms with E-state index in [1.54, 1.807) is 17.0 Å². The average Bonchev–Trinajstić information content (AvgIpc) is 3.67. The minimum atomic E-state index is -3.86. The van der Waals surface area contributed by atoms with Gasteiger partial charge >= 0.3 is 6.03 Å². The Hall–Kier alpha value is -2.19. The van der Waals surface area contributed by atoms with Crippen LogP contribution < -0.4 is 10.0 Å². The van der Waals surface area contributed by atoms with E-state index in [2.05, 4.69) is 14.9 Å². The first-order chi connectivity index (χ1) is 19.1. The number of hydrogen-bond acceptors (Lipinski definition) is 7. The molecule has 11 nitrogen and oxygen atoms in total. The number of halogens is 1. The summed E-state index contributed by atoms with van der Waals surface area (Å²) in [5.74, 6) is -0.480. The Labute approximate surface area is 245 Å². The number of amides is 4. The summed E-state index contributed by atoms with van der Waals surface area (Å²) in [5.41, 5.74) is 0. The first-order valence-electron chi connectivity index (χ1n) is 13.8. The van der Waals surface area contributed by atoms with E-state index in [9.17, 15) is 22.8 Å². The minimum absolute atomic E-state index is 0.0559. The van der Waals surface area contributed by atoms with Gasteiger partial charge in [-0.15, -0.1) is 11.3 Å². The number of thiophene rings is 1. The summed E-state index contributed by atoms with van der Waals surface area (Å²) in [6.45, 7) is 5.88. The molecule has 3 fully saturated rings. The van der Waals surface area contributed by atoms with Crippen molar-refractivity contribution < 1.29 is 22.8 Å². The Morgan fingerprint density at radius 3 is 2.67 bits per heavy atom. The van der Waals surface area contributed by atoms with Crippen LogP contribution >= 0.6 is 22.9 Å². The van der Waals surface area contributed by atoms with Crippen molar-refractivity contribution in [2.24, 2.45) is 0 Å². The minimum Gasteiger partial charge on any atom is -0.338 e. The molecule has 3 saturated heterocycles. The van der Waals surface area contributed by atoms with Crippen LogP contribution in [0.15, 0.2) is 17.5 Å². The van der Waals surface area contributed by atoms with Crippen molar-refractivity contribution in [2.75, 3.05) is 52.9 Å². The van der Waals surface area contributed by atoms with Gasteiger partial charge < -0.3 is 20.0 Å². The Kier molecular flexibility index (Phi) is 10.5. The van der Waals surface area contributed by atoms with Crippen molar-refractivity contribution in [1.82, 2.24) is 29.6 Å². The maximum atomic E-state index is 13.3. The zero-order chi connectivity index (χ0) is 28.9. The predicted molar refractivity (Wildman–Crippen MR) is 156 cm³/mol. The second kappa shape index (κ2) is 13.6. The van der Waals surface area contributed by atoms with Crippen LogP contribution in [0.1, 0.15) is 43.9 Å². The molecular formula is C26H39ClN6O5S2. The summed E-state index contributed by atoms with van der Waals surface area (Å²) in [5, 5.41) is 3.88. The molecule has 2 N–H and O–H groups in total. The Morgan fingerprint density at radius 2 is 1.95 bits per heavy atom. The van der Waals surface area contributed by atoms with Gasteiger partial charge in [0.1, 0.15) is 6.04 Å². The predicted octanol–water partition coefficient (Wildman–Crippen LogP) is 2.01. The first kappa shape index (κ1) is 30.8. The van der Waals surface area contributed by atoms with E-state index >= 15 is 0 Å². The van der Waals surface area contributed by atoms with E-state index in [1.165, 1.54) is 22.3 Å². The number of sulfonamides is 1. The van der Waals surface area contributed by atoms with Crippen LogP contribution in [-0.2, 0) is 19.6 Å². The Morgan fingerprint density at radius 1 is 1.18 bits per heavy atom. The molecule has 0 spiro atoms. The van der Waals surface area contributed by atoms with E-state index in [1.807, 2.05) is 18.9 Å². The summed E-state index contributed by atoms with van der Waals surface area (Å²) in [6, 6.07) is 2.64. The molecule has 3 atom stereocenters. The molecule has 3 aliphatic heterocycles. The second-order valence-electron chi connectivity index (χ2n) is 10.6. The van der Waals surface area contributed by atoms with Crippen molar-refractivity contribution in [1.29, 1.82) is 0 Å². The van der Waals surface area contributed by atoms with E-state index in [-0.39, 0.29) is 36.5 Å². The topological polar surface area (TPSA) is 122 Å². The summed E-state index contributed by atoms with van der Waals surface area (Å²) >= 11 is 7.16. The molecule has 1 unspecified atom stereocenters. The maximum absolute atomic E-state index is 13.3. The zero-order valence-electron chi connectivity index (χ0n) is 23.1. The number of likely N-dealkylation sites (N-methyl/N-ethyl adjacent to an activating group) is 1. The molecule has 4 rings (SSSR count). The molecule has 4 heterocycles. The first-order valence-corrected chi connectivity index (χ1v) is 16.6. The quantitative estimate of drug-likeness (QED) is 0.416. The highest BCUT2D eigenvalue weighted by Crippen LogP contribution is 2.24. The lowest BCUT2D eigenvalue weighted by Gasteiger charge is -2.34. The maximum Gasteiger partial charge on any atom is 0.317 e. The lowest BCUT2D eigenvalue weighted by molar-refractivity contribution is -0.143. The molecule has 222 valence electrons. The highest BCUT2D eigenvalue weighted by molar-refractivity contribution is 7.92. The van der Waals surface area contributed by atoms with Crippen LogP contribution in [0.25, 0.3) is 6.08 Å². The normalized spacial score (nSPS) is 24.3. The van der Waals surface area contributed by atoms with Crippen LogP contribution in [0, 0.1) is 0 Å². The molecule has 0 radical (unpaired) electrons. The number of urea groups is 1. The van der Waals surface area contributed by atoms with E-state index < -0.39 is 16.1 Å². The number of hydrogen-bond donors (Lipinski definition) is 2. The van der Waals surface area contributed by atoms with Gasteiger partial charge in [0.25, 0.3) is 0 Å². The van der Waals surface area contributed by atoms with Crippen LogP contribution in [0.2, 0.25) is 4.34 Å². The molecule has 14 heteroatoms.